The Kier molecular flexibility index (Phi) is 5.32. The number of hydrogen-bond donors (Lipinski definition) is 1. The highest BCUT2D eigenvalue weighted by Crippen LogP contribution is 2.31. The Balaban J connectivity index is 2.09. The predicted molar refractivity (Wildman–Crippen MR) is 82.7 cm³/mol. The van der Waals surface area contributed by atoms with Crippen molar-refractivity contribution < 1.29 is 5.11 Å². The van der Waals surface area contributed by atoms with Crippen molar-refractivity contribution in [3.63, 3.8) is 0 Å². The van der Waals surface area contributed by atoms with Crippen molar-refractivity contribution in [1.82, 2.24) is 0 Å². The van der Waals surface area contributed by atoms with Crippen molar-refractivity contribution in [2.75, 3.05) is 0 Å². The highest BCUT2D eigenvalue weighted by molar-refractivity contribution is 7.98. The fourth-order valence-corrected chi connectivity index (χ4v) is 3.04. The van der Waals surface area contributed by atoms with Crippen LogP contribution in [0.25, 0.3) is 0 Å². The molecule has 100 valence electrons. The molecular formula is C16H17ClOS. The van der Waals surface area contributed by atoms with Crippen LogP contribution >= 0.6 is 23.4 Å². The van der Waals surface area contributed by atoms with Crippen LogP contribution in [0.5, 0.6) is 0 Å². The SMILES string of the molecule is CCC(O)c1ccccc1SCc1ccc(Cl)cc1. The Morgan fingerprint density at radius 1 is 1.11 bits per heavy atom. The van der Waals surface area contributed by atoms with Gasteiger partial charge >= 0.3 is 0 Å². The van der Waals surface area contributed by atoms with Crippen LogP contribution in [-0.4, -0.2) is 5.11 Å². The van der Waals surface area contributed by atoms with Crippen LogP contribution in [0.3, 0.4) is 0 Å². The second kappa shape index (κ2) is 6.99. The maximum Gasteiger partial charge on any atom is 0.0798 e. The van der Waals surface area contributed by atoms with Gasteiger partial charge in [-0.1, -0.05) is 48.9 Å². The molecule has 19 heavy (non-hydrogen) atoms. The topological polar surface area (TPSA) is 20.2 Å². The van der Waals surface area contributed by atoms with Crippen molar-refractivity contribution in [2.24, 2.45) is 0 Å². The van der Waals surface area contributed by atoms with E-state index in [0.717, 1.165) is 27.7 Å². The van der Waals surface area contributed by atoms with Gasteiger partial charge in [-0.15, -0.1) is 11.8 Å². The molecule has 0 aliphatic heterocycles. The Morgan fingerprint density at radius 2 is 1.79 bits per heavy atom. The zero-order valence-corrected chi connectivity index (χ0v) is 12.4. The number of hydrogen-bond acceptors (Lipinski definition) is 2. The summed E-state index contributed by atoms with van der Waals surface area (Å²) < 4.78 is 0. The van der Waals surface area contributed by atoms with Crippen LogP contribution in [-0.2, 0) is 5.75 Å². The third-order valence-corrected chi connectivity index (χ3v) is 4.38. The fourth-order valence-electron chi connectivity index (χ4n) is 1.85. The first kappa shape index (κ1) is 14.4. The van der Waals surface area contributed by atoms with E-state index in [2.05, 4.69) is 6.07 Å². The number of thioether (sulfide) groups is 1. The fraction of sp³-hybridized carbons (Fsp3) is 0.250. The van der Waals surface area contributed by atoms with Crippen molar-refractivity contribution in [2.45, 2.75) is 30.1 Å². The van der Waals surface area contributed by atoms with Crippen molar-refractivity contribution in [1.29, 1.82) is 0 Å². The normalized spacial score (nSPS) is 12.4. The van der Waals surface area contributed by atoms with Crippen molar-refractivity contribution >= 4 is 23.4 Å². The van der Waals surface area contributed by atoms with E-state index in [1.54, 1.807) is 11.8 Å². The van der Waals surface area contributed by atoms with E-state index >= 15 is 0 Å². The predicted octanol–water partition coefficient (Wildman–Crippen LogP) is 5.08. The van der Waals surface area contributed by atoms with Gasteiger partial charge in [0.2, 0.25) is 0 Å². The molecule has 0 heterocycles. The molecule has 0 aliphatic carbocycles. The summed E-state index contributed by atoms with van der Waals surface area (Å²) in [7, 11) is 0. The van der Waals surface area contributed by atoms with Crippen molar-refractivity contribution in [3.8, 4) is 0 Å². The molecule has 0 radical (unpaired) electrons. The molecule has 3 heteroatoms. The van der Waals surface area contributed by atoms with E-state index in [-0.39, 0.29) is 6.10 Å². The van der Waals surface area contributed by atoms with E-state index in [1.807, 2.05) is 49.4 Å². The first-order valence-corrected chi connectivity index (χ1v) is 7.71. The molecule has 0 spiro atoms. The van der Waals surface area contributed by atoms with E-state index in [1.165, 1.54) is 5.56 Å². The molecule has 0 aromatic heterocycles. The lowest BCUT2D eigenvalue weighted by Crippen LogP contribution is -1.97. The minimum atomic E-state index is -0.381. The molecule has 2 rings (SSSR count). The quantitative estimate of drug-likeness (QED) is 0.776. The van der Waals surface area contributed by atoms with Crippen LogP contribution < -0.4 is 0 Å². The van der Waals surface area contributed by atoms with Gasteiger partial charge in [0.25, 0.3) is 0 Å². The molecular weight excluding hydrogens is 276 g/mol. The Labute approximate surface area is 123 Å². The van der Waals surface area contributed by atoms with Crippen LogP contribution in [0.4, 0.5) is 0 Å². The van der Waals surface area contributed by atoms with Gasteiger partial charge in [0.1, 0.15) is 0 Å². The first-order chi connectivity index (χ1) is 9.20. The zero-order valence-electron chi connectivity index (χ0n) is 10.8. The molecule has 0 saturated carbocycles. The van der Waals surface area contributed by atoms with E-state index < -0.39 is 0 Å². The van der Waals surface area contributed by atoms with E-state index in [9.17, 15) is 5.11 Å². The summed E-state index contributed by atoms with van der Waals surface area (Å²) in [5, 5.41) is 10.8. The molecule has 1 unspecified atom stereocenters. The summed E-state index contributed by atoms with van der Waals surface area (Å²) >= 11 is 7.62. The zero-order chi connectivity index (χ0) is 13.7. The summed E-state index contributed by atoms with van der Waals surface area (Å²) in [4.78, 5) is 1.15. The van der Waals surface area contributed by atoms with E-state index in [4.69, 9.17) is 11.6 Å². The number of halogens is 1. The lowest BCUT2D eigenvalue weighted by Gasteiger charge is -2.13. The van der Waals surface area contributed by atoms with Gasteiger partial charge in [0.15, 0.2) is 0 Å². The molecule has 0 fully saturated rings. The highest BCUT2D eigenvalue weighted by Gasteiger charge is 2.10. The standard InChI is InChI=1S/C16H17ClOS/c1-2-15(18)14-5-3-4-6-16(14)19-11-12-7-9-13(17)10-8-12/h3-10,15,18H,2,11H2,1H3. The Morgan fingerprint density at radius 3 is 2.47 bits per heavy atom. The number of aliphatic hydroxyl groups excluding tert-OH is 1. The molecule has 2 aromatic rings. The number of aliphatic hydroxyl groups is 1. The molecule has 1 N–H and O–H groups in total. The minimum Gasteiger partial charge on any atom is -0.388 e. The van der Waals surface area contributed by atoms with Crippen LogP contribution in [0.15, 0.2) is 53.4 Å². The summed E-state index contributed by atoms with van der Waals surface area (Å²) in [6.45, 7) is 1.99. The van der Waals surface area contributed by atoms with Gasteiger partial charge in [-0.2, -0.15) is 0 Å². The van der Waals surface area contributed by atoms with Gasteiger partial charge in [-0.3, -0.25) is 0 Å². The third kappa shape index (κ3) is 4.00. The lowest BCUT2D eigenvalue weighted by atomic mass is 10.1. The molecule has 0 saturated heterocycles. The smallest absolute Gasteiger partial charge is 0.0798 e. The molecule has 0 aliphatic rings. The Bertz CT molecular complexity index is 525. The van der Waals surface area contributed by atoms with E-state index in [0.29, 0.717) is 0 Å². The molecule has 0 amide bonds. The van der Waals surface area contributed by atoms with Gasteiger partial charge in [-0.05, 0) is 35.7 Å². The monoisotopic (exact) mass is 292 g/mol. The average Bonchev–Trinajstić information content (AvgIpc) is 2.46. The third-order valence-electron chi connectivity index (χ3n) is 2.97. The maximum atomic E-state index is 10.0. The van der Waals surface area contributed by atoms with Crippen LogP contribution in [0.2, 0.25) is 5.02 Å². The first-order valence-electron chi connectivity index (χ1n) is 6.35. The van der Waals surface area contributed by atoms with Crippen molar-refractivity contribution in [3.05, 3.63) is 64.7 Å². The summed E-state index contributed by atoms with van der Waals surface area (Å²) in [6.07, 6.45) is 0.354. The Hall–Kier alpha value is -0.960. The molecule has 0 bridgehead atoms. The minimum absolute atomic E-state index is 0.381. The number of benzene rings is 2. The number of rotatable bonds is 5. The molecule has 1 atom stereocenters. The maximum absolute atomic E-state index is 10.0. The second-order valence-corrected chi connectivity index (χ2v) is 5.83. The van der Waals surface area contributed by atoms with Gasteiger partial charge in [0, 0.05) is 15.7 Å². The molecule has 2 aromatic carbocycles. The summed E-state index contributed by atoms with van der Waals surface area (Å²) in [5.41, 5.74) is 2.25. The summed E-state index contributed by atoms with van der Waals surface area (Å²) in [5.74, 6) is 0.880. The van der Waals surface area contributed by atoms with Gasteiger partial charge in [-0.25, -0.2) is 0 Å². The lowest BCUT2D eigenvalue weighted by molar-refractivity contribution is 0.171. The van der Waals surface area contributed by atoms with Crippen LogP contribution in [0.1, 0.15) is 30.6 Å². The van der Waals surface area contributed by atoms with Gasteiger partial charge < -0.3 is 5.11 Å². The largest absolute Gasteiger partial charge is 0.388 e. The van der Waals surface area contributed by atoms with Gasteiger partial charge in [0.05, 0.1) is 6.10 Å². The second-order valence-electron chi connectivity index (χ2n) is 4.38. The summed E-state index contributed by atoms with van der Waals surface area (Å²) in [6, 6.07) is 15.9. The average molecular weight is 293 g/mol. The van der Waals surface area contributed by atoms with Crippen LogP contribution in [0, 0.1) is 0 Å². The highest BCUT2D eigenvalue weighted by atomic mass is 35.5. The molecule has 1 nitrogen and oxygen atoms in total.